The van der Waals surface area contributed by atoms with Crippen molar-refractivity contribution in [1.82, 2.24) is 4.98 Å². The average molecular weight is 382 g/mol. The fraction of sp³-hybridized carbons (Fsp3) is 0.353. The van der Waals surface area contributed by atoms with Crippen molar-refractivity contribution in [2.75, 3.05) is 5.32 Å². The predicted molar refractivity (Wildman–Crippen MR) is 97.6 cm³/mol. The van der Waals surface area contributed by atoms with Gasteiger partial charge in [0.15, 0.2) is 0 Å². The highest BCUT2D eigenvalue weighted by Crippen LogP contribution is 2.30. The topological polar surface area (TPSA) is 77.3 Å². The fourth-order valence-electron chi connectivity index (χ4n) is 2.93. The predicted octanol–water partition coefficient (Wildman–Crippen LogP) is 5.10. The van der Waals surface area contributed by atoms with E-state index in [1.54, 1.807) is 12.1 Å². The number of pyridine rings is 1. The number of nitro groups is 1. The highest BCUT2D eigenvalue weighted by Gasteiger charge is 2.25. The first kappa shape index (κ1) is 17.8. The summed E-state index contributed by atoms with van der Waals surface area (Å²) in [6.45, 7) is 0. The second-order valence-electron chi connectivity index (χ2n) is 5.97. The zero-order valence-corrected chi connectivity index (χ0v) is 14.8. The molecule has 1 aromatic heterocycles. The molecule has 0 aliphatic heterocycles. The van der Waals surface area contributed by atoms with Crippen LogP contribution in [-0.4, -0.2) is 22.1 Å². The van der Waals surface area contributed by atoms with Crippen LogP contribution < -0.4 is 10.1 Å². The molecule has 0 atom stereocenters. The van der Waals surface area contributed by atoms with Gasteiger partial charge in [-0.3, -0.25) is 10.1 Å². The Morgan fingerprint density at radius 2 is 1.92 bits per heavy atom. The summed E-state index contributed by atoms with van der Waals surface area (Å²) in [6, 6.07) is 8.78. The highest BCUT2D eigenvalue weighted by molar-refractivity contribution is 6.31. The number of ether oxygens (including phenoxy) is 1. The molecule has 0 amide bonds. The Labute approximate surface area is 155 Å². The molecule has 6 nitrogen and oxygen atoms in total. The Hall–Kier alpha value is -2.05. The lowest BCUT2D eigenvalue weighted by Crippen LogP contribution is -2.31. The fourth-order valence-corrected chi connectivity index (χ4v) is 3.26. The second-order valence-corrected chi connectivity index (χ2v) is 6.84. The number of aromatic nitrogens is 1. The Morgan fingerprint density at radius 1 is 1.16 bits per heavy atom. The summed E-state index contributed by atoms with van der Waals surface area (Å²) in [7, 11) is 0. The lowest BCUT2D eigenvalue weighted by Gasteiger charge is -2.29. The van der Waals surface area contributed by atoms with E-state index >= 15 is 0 Å². The lowest BCUT2D eigenvalue weighted by atomic mass is 9.93. The summed E-state index contributed by atoms with van der Waals surface area (Å²) >= 11 is 11.8. The second kappa shape index (κ2) is 7.89. The summed E-state index contributed by atoms with van der Waals surface area (Å²) in [5.41, 5.74) is -0.107. The third-order valence-electron chi connectivity index (χ3n) is 4.14. The van der Waals surface area contributed by atoms with Crippen LogP contribution in [0.1, 0.15) is 25.7 Å². The Balaban J connectivity index is 1.57. The van der Waals surface area contributed by atoms with Gasteiger partial charge in [0, 0.05) is 23.3 Å². The van der Waals surface area contributed by atoms with E-state index in [-0.39, 0.29) is 28.7 Å². The van der Waals surface area contributed by atoms with E-state index in [2.05, 4.69) is 10.3 Å². The molecule has 1 saturated carbocycles. The zero-order valence-electron chi connectivity index (χ0n) is 13.3. The molecule has 1 fully saturated rings. The molecule has 2 aromatic rings. The van der Waals surface area contributed by atoms with E-state index < -0.39 is 4.92 Å². The maximum absolute atomic E-state index is 11.1. The summed E-state index contributed by atoms with van der Waals surface area (Å²) < 4.78 is 5.96. The molecule has 0 spiro atoms. The molecule has 0 bridgehead atoms. The number of rotatable bonds is 5. The number of halogens is 2. The van der Waals surface area contributed by atoms with E-state index in [0.29, 0.717) is 5.02 Å². The molecular formula is C17H17Cl2N3O3. The van der Waals surface area contributed by atoms with Crippen molar-refractivity contribution < 1.29 is 9.66 Å². The number of anilines is 1. The van der Waals surface area contributed by atoms with Crippen molar-refractivity contribution in [1.29, 1.82) is 0 Å². The minimum atomic E-state index is -0.477. The third-order valence-corrected chi connectivity index (χ3v) is 4.59. The zero-order chi connectivity index (χ0) is 17.8. The van der Waals surface area contributed by atoms with E-state index in [9.17, 15) is 10.1 Å². The van der Waals surface area contributed by atoms with Gasteiger partial charge in [-0.05, 0) is 43.9 Å². The Morgan fingerprint density at radius 3 is 2.60 bits per heavy atom. The molecule has 8 heteroatoms. The SMILES string of the molecule is O=[N+]([O-])c1cc(Cl)cnc1NC1CCC(Oc2cccc(Cl)c2)CC1. The van der Waals surface area contributed by atoms with Crippen LogP contribution >= 0.6 is 23.2 Å². The van der Waals surface area contributed by atoms with Crippen LogP contribution in [0.4, 0.5) is 11.5 Å². The Bertz CT molecular complexity index is 765. The van der Waals surface area contributed by atoms with Crippen LogP contribution in [0.5, 0.6) is 5.75 Å². The van der Waals surface area contributed by atoms with E-state index in [1.807, 2.05) is 12.1 Å². The van der Waals surface area contributed by atoms with Crippen molar-refractivity contribution in [3.63, 3.8) is 0 Å². The van der Waals surface area contributed by atoms with Gasteiger partial charge in [-0.15, -0.1) is 0 Å². The van der Waals surface area contributed by atoms with Crippen LogP contribution in [-0.2, 0) is 0 Å². The van der Waals surface area contributed by atoms with Gasteiger partial charge in [-0.2, -0.15) is 0 Å². The number of hydrogen-bond donors (Lipinski definition) is 1. The first-order valence-corrected chi connectivity index (χ1v) is 8.75. The molecule has 25 heavy (non-hydrogen) atoms. The van der Waals surface area contributed by atoms with E-state index in [0.717, 1.165) is 31.4 Å². The van der Waals surface area contributed by atoms with E-state index in [4.69, 9.17) is 27.9 Å². The van der Waals surface area contributed by atoms with Crippen LogP contribution in [0.25, 0.3) is 0 Å². The van der Waals surface area contributed by atoms with Crippen molar-refractivity contribution in [3.05, 3.63) is 56.7 Å². The van der Waals surface area contributed by atoms with Gasteiger partial charge in [0.1, 0.15) is 5.75 Å². The molecule has 0 unspecified atom stereocenters. The number of hydrogen-bond acceptors (Lipinski definition) is 5. The average Bonchev–Trinajstić information content (AvgIpc) is 2.58. The van der Waals surface area contributed by atoms with Gasteiger partial charge in [0.25, 0.3) is 0 Å². The van der Waals surface area contributed by atoms with Gasteiger partial charge >= 0.3 is 5.69 Å². The summed E-state index contributed by atoms with van der Waals surface area (Å²) in [5, 5.41) is 15.2. The first-order chi connectivity index (χ1) is 12.0. The molecule has 1 aromatic carbocycles. The molecule has 3 rings (SSSR count). The molecular weight excluding hydrogens is 365 g/mol. The van der Waals surface area contributed by atoms with Crippen LogP contribution in [0.3, 0.4) is 0 Å². The quantitative estimate of drug-likeness (QED) is 0.575. The minimum Gasteiger partial charge on any atom is -0.490 e. The summed E-state index contributed by atoms with van der Waals surface area (Å²) in [4.78, 5) is 14.7. The molecule has 1 N–H and O–H groups in total. The van der Waals surface area contributed by atoms with Crippen molar-refractivity contribution in [2.45, 2.75) is 37.8 Å². The lowest BCUT2D eigenvalue weighted by molar-refractivity contribution is -0.384. The monoisotopic (exact) mass is 381 g/mol. The van der Waals surface area contributed by atoms with Crippen molar-refractivity contribution >= 4 is 34.7 Å². The molecule has 1 aliphatic carbocycles. The van der Waals surface area contributed by atoms with Gasteiger partial charge in [-0.1, -0.05) is 29.3 Å². The number of benzene rings is 1. The Kier molecular flexibility index (Phi) is 5.60. The van der Waals surface area contributed by atoms with Gasteiger partial charge in [-0.25, -0.2) is 4.98 Å². The summed E-state index contributed by atoms with van der Waals surface area (Å²) in [6.07, 6.45) is 4.91. The smallest absolute Gasteiger partial charge is 0.312 e. The van der Waals surface area contributed by atoms with Gasteiger partial charge < -0.3 is 10.1 Å². The van der Waals surface area contributed by atoms with Gasteiger partial charge in [0.05, 0.1) is 16.0 Å². The molecule has 0 radical (unpaired) electrons. The van der Waals surface area contributed by atoms with Crippen molar-refractivity contribution in [2.24, 2.45) is 0 Å². The van der Waals surface area contributed by atoms with Crippen LogP contribution in [0.15, 0.2) is 36.5 Å². The number of nitrogens with zero attached hydrogens (tertiary/aromatic N) is 2. The standard InChI is InChI=1S/C17H17Cl2N3O3/c18-11-2-1-3-15(8-11)25-14-6-4-13(5-7-14)21-17-16(22(23)24)9-12(19)10-20-17/h1-3,8-10,13-14H,4-7H2,(H,20,21). The van der Waals surface area contributed by atoms with Gasteiger partial charge in [0.2, 0.25) is 5.82 Å². The first-order valence-electron chi connectivity index (χ1n) is 8.00. The largest absolute Gasteiger partial charge is 0.490 e. The normalized spacial score (nSPS) is 20.1. The summed E-state index contributed by atoms with van der Waals surface area (Å²) in [5.74, 6) is 1.02. The molecule has 1 aliphatic rings. The maximum atomic E-state index is 11.1. The minimum absolute atomic E-state index is 0.107. The molecule has 0 saturated heterocycles. The molecule has 1 heterocycles. The van der Waals surface area contributed by atoms with Crippen LogP contribution in [0, 0.1) is 10.1 Å². The van der Waals surface area contributed by atoms with E-state index in [1.165, 1.54) is 12.3 Å². The third kappa shape index (κ3) is 4.74. The van der Waals surface area contributed by atoms with Crippen molar-refractivity contribution in [3.8, 4) is 5.75 Å². The number of nitrogens with one attached hydrogen (secondary N) is 1. The molecule has 132 valence electrons. The van der Waals surface area contributed by atoms with Crippen LogP contribution in [0.2, 0.25) is 10.0 Å². The maximum Gasteiger partial charge on any atom is 0.312 e. The highest BCUT2D eigenvalue weighted by atomic mass is 35.5.